The van der Waals surface area contributed by atoms with Crippen molar-refractivity contribution >= 4 is 0 Å². The van der Waals surface area contributed by atoms with Crippen molar-refractivity contribution in [3.8, 4) is 11.8 Å². The molecule has 1 N–H and O–H groups in total. The summed E-state index contributed by atoms with van der Waals surface area (Å²) in [6, 6.07) is 2.14. The van der Waals surface area contributed by atoms with Crippen LogP contribution in [0.1, 0.15) is 18.2 Å². The SMILES string of the molecule is CC#CCn1ccc(CNC)c1C. The first-order valence-electron chi connectivity index (χ1n) is 4.48. The zero-order chi connectivity index (χ0) is 9.68. The van der Waals surface area contributed by atoms with Crippen molar-refractivity contribution < 1.29 is 0 Å². The minimum atomic E-state index is 0.798. The molecule has 0 aromatic carbocycles. The molecule has 0 aliphatic rings. The Kier molecular flexibility index (Phi) is 3.60. The van der Waals surface area contributed by atoms with Crippen molar-refractivity contribution in [3.05, 3.63) is 23.5 Å². The van der Waals surface area contributed by atoms with E-state index in [1.54, 1.807) is 0 Å². The van der Waals surface area contributed by atoms with E-state index in [9.17, 15) is 0 Å². The Hall–Kier alpha value is -1.20. The third kappa shape index (κ3) is 2.37. The molecule has 1 aromatic rings. The van der Waals surface area contributed by atoms with Crippen LogP contribution >= 0.6 is 0 Å². The van der Waals surface area contributed by atoms with Gasteiger partial charge in [-0.05, 0) is 32.5 Å². The Morgan fingerprint density at radius 3 is 2.92 bits per heavy atom. The number of nitrogens with zero attached hydrogens (tertiary/aromatic N) is 1. The molecule has 0 fully saturated rings. The van der Waals surface area contributed by atoms with E-state index in [1.165, 1.54) is 11.3 Å². The van der Waals surface area contributed by atoms with Crippen molar-refractivity contribution in [2.45, 2.75) is 26.9 Å². The minimum Gasteiger partial charge on any atom is -0.340 e. The molecule has 0 bridgehead atoms. The van der Waals surface area contributed by atoms with Crippen LogP contribution in [0.4, 0.5) is 0 Å². The molecule has 0 amide bonds. The lowest BCUT2D eigenvalue weighted by Crippen LogP contribution is -2.06. The van der Waals surface area contributed by atoms with E-state index < -0.39 is 0 Å². The van der Waals surface area contributed by atoms with Crippen LogP contribution in [0.5, 0.6) is 0 Å². The molecule has 0 saturated carbocycles. The average molecular weight is 176 g/mol. The summed E-state index contributed by atoms with van der Waals surface area (Å²) in [6.07, 6.45) is 2.09. The van der Waals surface area contributed by atoms with Crippen LogP contribution in [-0.2, 0) is 13.1 Å². The van der Waals surface area contributed by atoms with Crippen molar-refractivity contribution in [1.82, 2.24) is 9.88 Å². The molecule has 2 heteroatoms. The van der Waals surface area contributed by atoms with E-state index in [4.69, 9.17) is 0 Å². The highest BCUT2D eigenvalue weighted by molar-refractivity contribution is 5.21. The topological polar surface area (TPSA) is 17.0 Å². The number of hydrogen-bond donors (Lipinski definition) is 1. The molecular weight excluding hydrogens is 160 g/mol. The summed E-state index contributed by atoms with van der Waals surface area (Å²) in [5, 5.41) is 3.14. The highest BCUT2D eigenvalue weighted by Gasteiger charge is 2.01. The van der Waals surface area contributed by atoms with Gasteiger partial charge in [-0.2, -0.15) is 0 Å². The molecule has 0 atom stereocenters. The quantitative estimate of drug-likeness (QED) is 0.691. The highest BCUT2D eigenvalue weighted by atomic mass is 15.0. The smallest absolute Gasteiger partial charge is 0.0834 e. The molecule has 2 nitrogen and oxygen atoms in total. The molecule has 0 aliphatic heterocycles. The zero-order valence-corrected chi connectivity index (χ0v) is 8.52. The largest absolute Gasteiger partial charge is 0.340 e. The van der Waals surface area contributed by atoms with E-state index in [-0.39, 0.29) is 0 Å². The van der Waals surface area contributed by atoms with E-state index in [0.29, 0.717) is 0 Å². The molecule has 13 heavy (non-hydrogen) atoms. The number of hydrogen-bond acceptors (Lipinski definition) is 1. The Morgan fingerprint density at radius 2 is 2.31 bits per heavy atom. The van der Waals surface area contributed by atoms with E-state index in [0.717, 1.165) is 13.1 Å². The van der Waals surface area contributed by atoms with Crippen LogP contribution in [0, 0.1) is 18.8 Å². The third-order valence-corrected chi connectivity index (χ3v) is 2.14. The van der Waals surface area contributed by atoms with Gasteiger partial charge < -0.3 is 9.88 Å². The van der Waals surface area contributed by atoms with Crippen LogP contribution in [0.2, 0.25) is 0 Å². The summed E-state index contributed by atoms with van der Waals surface area (Å²) >= 11 is 0. The molecule has 70 valence electrons. The number of nitrogens with one attached hydrogen (secondary N) is 1. The average Bonchev–Trinajstić information content (AvgIpc) is 2.46. The summed E-state index contributed by atoms with van der Waals surface area (Å²) in [6.45, 7) is 5.72. The van der Waals surface area contributed by atoms with Gasteiger partial charge in [0.25, 0.3) is 0 Å². The lowest BCUT2D eigenvalue weighted by Gasteiger charge is -2.02. The maximum absolute atomic E-state index is 3.14. The summed E-state index contributed by atoms with van der Waals surface area (Å²) in [5.41, 5.74) is 2.65. The first-order chi connectivity index (χ1) is 6.29. The first-order valence-corrected chi connectivity index (χ1v) is 4.48. The van der Waals surface area contributed by atoms with Gasteiger partial charge in [0.2, 0.25) is 0 Å². The zero-order valence-electron chi connectivity index (χ0n) is 8.52. The molecule has 0 aliphatic carbocycles. The van der Waals surface area contributed by atoms with E-state index in [1.807, 2.05) is 14.0 Å². The maximum atomic E-state index is 3.14. The Morgan fingerprint density at radius 1 is 1.54 bits per heavy atom. The molecule has 1 rings (SSSR count). The number of aromatic nitrogens is 1. The normalized spacial score (nSPS) is 9.46. The van der Waals surface area contributed by atoms with Crippen LogP contribution in [0.25, 0.3) is 0 Å². The van der Waals surface area contributed by atoms with E-state index >= 15 is 0 Å². The molecule has 0 unspecified atom stereocenters. The van der Waals surface area contributed by atoms with Gasteiger partial charge in [0.15, 0.2) is 0 Å². The predicted molar refractivity (Wildman–Crippen MR) is 55.4 cm³/mol. The summed E-state index contributed by atoms with van der Waals surface area (Å²) in [4.78, 5) is 0. The lowest BCUT2D eigenvalue weighted by atomic mass is 10.2. The van der Waals surface area contributed by atoms with Gasteiger partial charge in [-0.15, -0.1) is 5.92 Å². The Labute approximate surface area is 80.0 Å². The summed E-state index contributed by atoms with van der Waals surface area (Å²) in [7, 11) is 1.96. The molecule has 0 radical (unpaired) electrons. The summed E-state index contributed by atoms with van der Waals surface area (Å²) in [5.74, 6) is 5.95. The van der Waals surface area contributed by atoms with Gasteiger partial charge in [-0.25, -0.2) is 0 Å². The first kappa shape index (κ1) is 9.88. The predicted octanol–water partition coefficient (Wildman–Crippen LogP) is 1.54. The fourth-order valence-electron chi connectivity index (χ4n) is 1.31. The molecular formula is C11H16N2. The molecule has 0 spiro atoms. The monoisotopic (exact) mass is 176 g/mol. The lowest BCUT2D eigenvalue weighted by molar-refractivity contribution is 0.774. The van der Waals surface area contributed by atoms with Crippen LogP contribution < -0.4 is 5.32 Å². The third-order valence-electron chi connectivity index (χ3n) is 2.14. The fourth-order valence-corrected chi connectivity index (χ4v) is 1.31. The van der Waals surface area contributed by atoms with Gasteiger partial charge in [0.1, 0.15) is 0 Å². The van der Waals surface area contributed by atoms with Gasteiger partial charge in [0, 0.05) is 18.4 Å². The van der Waals surface area contributed by atoms with Crippen molar-refractivity contribution in [2.24, 2.45) is 0 Å². The van der Waals surface area contributed by atoms with Crippen molar-refractivity contribution in [1.29, 1.82) is 0 Å². The standard InChI is InChI=1S/C11H16N2/c1-4-5-7-13-8-6-11(9-12-3)10(13)2/h6,8,12H,7,9H2,1-3H3. The van der Waals surface area contributed by atoms with Gasteiger partial charge in [-0.3, -0.25) is 0 Å². The molecule has 1 aromatic heterocycles. The van der Waals surface area contributed by atoms with Crippen LogP contribution in [0.3, 0.4) is 0 Å². The van der Waals surface area contributed by atoms with Crippen molar-refractivity contribution in [3.63, 3.8) is 0 Å². The van der Waals surface area contributed by atoms with Gasteiger partial charge >= 0.3 is 0 Å². The second kappa shape index (κ2) is 4.74. The maximum Gasteiger partial charge on any atom is 0.0834 e. The van der Waals surface area contributed by atoms with Crippen molar-refractivity contribution in [2.75, 3.05) is 7.05 Å². The fraction of sp³-hybridized carbons (Fsp3) is 0.455. The highest BCUT2D eigenvalue weighted by Crippen LogP contribution is 2.08. The second-order valence-electron chi connectivity index (χ2n) is 3.01. The van der Waals surface area contributed by atoms with Crippen LogP contribution in [-0.4, -0.2) is 11.6 Å². The molecule has 0 saturated heterocycles. The Balaban J connectivity index is 2.77. The van der Waals surface area contributed by atoms with Gasteiger partial charge in [-0.1, -0.05) is 5.92 Å². The summed E-state index contributed by atoms with van der Waals surface area (Å²) < 4.78 is 2.17. The Bertz CT molecular complexity index is 326. The van der Waals surface area contributed by atoms with Crippen LogP contribution in [0.15, 0.2) is 12.3 Å². The number of rotatable bonds is 3. The van der Waals surface area contributed by atoms with Gasteiger partial charge in [0.05, 0.1) is 6.54 Å². The second-order valence-corrected chi connectivity index (χ2v) is 3.01. The minimum absolute atomic E-state index is 0.798. The molecule has 1 heterocycles. The van der Waals surface area contributed by atoms with E-state index in [2.05, 4.69) is 40.9 Å².